The molecule has 0 fully saturated rings. The van der Waals surface area contributed by atoms with E-state index in [1.165, 1.54) is 7.11 Å². The van der Waals surface area contributed by atoms with E-state index in [0.29, 0.717) is 25.4 Å². The van der Waals surface area contributed by atoms with Crippen LogP contribution in [0.4, 0.5) is 0 Å². The molecule has 2 aliphatic heterocycles. The lowest BCUT2D eigenvalue weighted by molar-refractivity contribution is -0.147. The molecule has 2 heterocycles. The highest BCUT2D eigenvalue weighted by molar-refractivity contribution is 5.88. The Balaban J connectivity index is 1.91. The molecule has 2 aromatic carbocycles. The number of esters is 1. The fourth-order valence-electron chi connectivity index (χ4n) is 4.29. The Labute approximate surface area is 171 Å². The zero-order valence-corrected chi connectivity index (χ0v) is 17.4. The van der Waals surface area contributed by atoms with Gasteiger partial charge in [-0.1, -0.05) is 50.3 Å². The van der Waals surface area contributed by atoms with E-state index in [2.05, 4.69) is 37.0 Å². The number of rotatable bonds is 4. The first-order valence-electron chi connectivity index (χ1n) is 9.85. The van der Waals surface area contributed by atoms with E-state index in [-0.39, 0.29) is 11.4 Å². The SMILES string of the molecule is COC(=O)C1c2c(OC)ccc3c2C(=CC(C)(C)CO3)CN1Cc1ccccc1. The average Bonchev–Trinajstić information content (AvgIpc) is 2.84. The van der Waals surface area contributed by atoms with Crippen LogP contribution in [-0.4, -0.2) is 38.2 Å². The predicted molar refractivity (Wildman–Crippen MR) is 112 cm³/mol. The van der Waals surface area contributed by atoms with Gasteiger partial charge in [0.05, 0.1) is 20.8 Å². The van der Waals surface area contributed by atoms with Gasteiger partial charge in [-0.15, -0.1) is 0 Å². The van der Waals surface area contributed by atoms with E-state index in [1.54, 1.807) is 7.11 Å². The van der Waals surface area contributed by atoms with Gasteiger partial charge in [-0.05, 0) is 23.3 Å². The van der Waals surface area contributed by atoms with Crippen LogP contribution in [0.5, 0.6) is 11.5 Å². The summed E-state index contributed by atoms with van der Waals surface area (Å²) in [5.74, 6) is 1.17. The zero-order valence-electron chi connectivity index (χ0n) is 17.4. The van der Waals surface area contributed by atoms with Crippen LogP contribution in [0.3, 0.4) is 0 Å². The van der Waals surface area contributed by atoms with Gasteiger partial charge >= 0.3 is 5.97 Å². The van der Waals surface area contributed by atoms with Crippen LogP contribution >= 0.6 is 0 Å². The highest BCUT2D eigenvalue weighted by atomic mass is 16.5. The standard InChI is InChI=1S/C24H27NO4/c1-24(2)12-17-14-25(13-16-8-6-5-7-9-16)22(23(26)28-4)21-18(27-3)10-11-19(20(17)21)29-15-24/h5-12,22H,13-15H2,1-4H3. The van der Waals surface area contributed by atoms with Crippen molar-refractivity contribution in [2.24, 2.45) is 5.41 Å². The number of carbonyl (C=O) groups excluding carboxylic acids is 1. The second kappa shape index (κ2) is 7.56. The van der Waals surface area contributed by atoms with Crippen LogP contribution in [0.1, 0.15) is 36.6 Å². The molecule has 0 bridgehead atoms. The van der Waals surface area contributed by atoms with E-state index < -0.39 is 6.04 Å². The quantitative estimate of drug-likeness (QED) is 0.728. The summed E-state index contributed by atoms with van der Waals surface area (Å²) in [7, 11) is 3.07. The Morgan fingerprint density at radius 1 is 1.17 bits per heavy atom. The summed E-state index contributed by atoms with van der Waals surface area (Å²) < 4.78 is 17.0. The highest BCUT2D eigenvalue weighted by Gasteiger charge is 2.41. The Morgan fingerprint density at radius 2 is 1.93 bits per heavy atom. The first-order valence-corrected chi connectivity index (χ1v) is 9.85. The minimum atomic E-state index is -0.563. The van der Waals surface area contributed by atoms with Gasteiger partial charge in [0.1, 0.15) is 17.5 Å². The number of hydrogen-bond acceptors (Lipinski definition) is 5. The Bertz CT molecular complexity index is 949. The monoisotopic (exact) mass is 393 g/mol. The topological polar surface area (TPSA) is 48.0 Å². The summed E-state index contributed by atoms with van der Waals surface area (Å²) in [5, 5.41) is 0. The molecule has 0 saturated heterocycles. The van der Waals surface area contributed by atoms with Gasteiger partial charge in [0.2, 0.25) is 0 Å². The molecule has 1 atom stereocenters. The zero-order chi connectivity index (χ0) is 20.6. The third kappa shape index (κ3) is 3.62. The van der Waals surface area contributed by atoms with E-state index in [9.17, 15) is 4.79 Å². The predicted octanol–water partition coefficient (Wildman–Crippen LogP) is 4.23. The lowest BCUT2D eigenvalue weighted by atomic mass is 9.83. The number of nitrogens with zero attached hydrogens (tertiary/aromatic N) is 1. The molecule has 0 saturated carbocycles. The van der Waals surface area contributed by atoms with Crippen molar-refractivity contribution in [2.75, 3.05) is 27.4 Å². The molecule has 4 rings (SSSR count). The van der Waals surface area contributed by atoms with Crippen molar-refractivity contribution in [3.63, 3.8) is 0 Å². The van der Waals surface area contributed by atoms with Crippen molar-refractivity contribution in [1.29, 1.82) is 0 Å². The largest absolute Gasteiger partial charge is 0.496 e. The summed E-state index contributed by atoms with van der Waals surface area (Å²) in [5.41, 5.74) is 3.98. The second-order valence-electron chi connectivity index (χ2n) is 8.32. The van der Waals surface area contributed by atoms with Gasteiger partial charge in [-0.2, -0.15) is 0 Å². The smallest absolute Gasteiger partial charge is 0.327 e. The van der Waals surface area contributed by atoms with Gasteiger partial charge in [0.25, 0.3) is 0 Å². The van der Waals surface area contributed by atoms with Gasteiger partial charge in [0, 0.05) is 29.6 Å². The van der Waals surface area contributed by atoms with Gasteiger partial charge in [-0.25, -0.2) is 4.79 Å². The van der Waals surface area contributed by atoms with Crippen molar-refractivity contribution in [2.45, 2.75) is 26.4 Å². The van der Waals surface area contributed by atoms with E-state index >= 15 is 0 Å². The molecule has 0 aromatic heterocycles. The van der Waals surface area contributed by atoms with Crippen LogP contribution in [0, 0.1) is 5.41 Å². The maximum absolute atomic E-state index is 13.0. The molecule has 1 unspecified atom stereocenters. The third-order valence-corrected chi connectivity index (χ3v) is 5.54. The molecule has 152 valence electrons. The van der Waals surface area contributed by atoms with Crippen molar-refractivity contribution in [3.8, 4) is 11.5 Å². The number of ether oxygens (including phenoxy) is 3. The molecule has 2 aliphatic rings. The first-order chi connectivity index (χ1) is 13.9. The fourth-order valence-corrected chi connectivity index (χ4v) is 4.29. The molecular weight excluding hydrogens is 366 g/mol. The van der Waals surface area contributed by atoms with Crippen molar-refractivity contribution in [1.82, 2.24) is 4.90 Å². The molecule has 0 amide bonds. The normalized spacial score (nSPS) is 20.0. The van der Waals surface area contributed by atoms with E-state index in [1.807, 2.05) is 30.3 Å². The average molecular weight is 393 g/mol. The molecule has 0 radical (unpaired) electrons. The summed E-state index contributed by atoms with van der Waals surface area (Å²) in [6, 6.07) is 13.4. The molecule has 5 nitrogen and oxygen atoms in total. The molecule has 0 spiro atoms. The maximum atomic E-state index is 13.0. The maximum Gasteiger partial charge on any atom is 0.327 e. The Morgan fingerprint density at radius 3 is 2.62 bits per heavy atom. The van der Waals surface area contributed by atoms with Crippen LogP contribution in [0.25, 0.3) is 5.57 Å². The van der Waals surface area contributed by atoms with Gasteiger partial charge in [0.15, 0.2) is 0 Å². The van der Waals surface area contributed by atoms with Crippen LogP contribution < -0.4 is 9.47 Å². The lowest BCUT2D eigenvalue weighted by Crippen LogP contribution is -2.39. The fraction of sp³-hybridized carbons (Fsp3) is 0.375. The van der Waals surface area contributed by atoms with Crippen LogP contribution in [0.15, 0.2) is 48.5 Å². The summed E-state index contributed by atoms with van der Waals surface area (Å²) >= 11 is 0. The van der Waals surface area contributed by atoms with E-state index in [4.69, 9.17) is 14.2 Å². The summed E-state index contributed by atoms with van der Waals surface area (Å²) in [6.45, 7) is 6.17. The minimum Gasteiger partial charge on any atom is -0.496 e. The highest BCUT2D eigenvalue weighted by Crippen LogP contribution is 2.48. The minimum absolute atomic E-state index is 0.116. The van der Waals surface area contributed by atoms with Crippen molar-refractivity contribution >= 4 is 11.5 Å². The molecular formula is C24H27NO4. The molecule has 5 heteroatoms. The van der Waals surface area contributed by atoms with Gasteiger partial charge in [-0.3, -0.25) is 4.90 Å². The number of benzene rings is 2. The van der Waals surface area contributed by atoms with E-state index in [0.717, 1.165) is 28.0 Å². The van der Waals surface area contributed by atoms with Crippen LogP contribution in [-0.2, 0) is 16.1 Å². The molecule has 2 aromatic rings. The molecule has 0 N–H and O–H groups in total. The first kappa shape index (κ1) is 19.5. The Kier molecular flexibility index (Phi) is 5.09. The molecule has 0 aliphatic carbocycles. The van der Waals surface area contributed by atoms with Gasteiger partial charge < -0.3 is 14.2 Å². The number of carbonyl (C=O) groups is 1. The number of hydrogen-bond donors (Lipinski definition) is 0. The lowest BCUT2D eigenvalue weighted by Gasteiger charge is -2.38. The van der Waals surface area contributed by atoms with Crippen molar-refractivity contribution in [3.05, 3.63) is 65.2 Å². The van der Waals surface area contributed by atoms with Crippen molar-refractivity contribution < 1.29 is 19.0 Å². The van der Waals surface area contributed by atoms with Crippen LogP contribution in [0.2, 0.25) is 0 Å². The Hall–Kier alpha value is -2.79. The molecule has 29 heavy (non-hydrogen) atoms. The summed E-state index contributed by atoms with van der Waals surface area (Å²) in [4.78, 5) is 15.1. The summed E-state index contributed by atoms with van der Waals surface area (Å²) in [6.07, 6.45) is 2.27. The second-order valence-corrected chi connectivity index (χ2v) is 8.32. The third-order valence-electron chi connectivity index (χ3n) is 5.54. The number of methoxy groups -OCH3 is 2.